The van der Waals surface area contributed by atoms with E-state index in [2.05, 4.69) is 20.9 Å². The minimum absolute atomic E-state index is 0.0847. The van der Waals surface area contributed by atoms with Crippen molar-refractivity contribution in [2.75, 3.05) is 0 Å². The van der Waals surface area contributed by atoms with Crippen molar-refractivity contribution in [3.63, 3.8) is 0 Å². The van der Waals surface area contributed by atoms with Crippen LogP contribution in [0.15, 0.2) is 41.1 Å². The minimum atomic E-state index is -0.489. The van der Waals surface area contributed by atoms with E-state index in [1.165, 1.54) is 12.1 Å². The van der Waals surface area contributed by atoms with E-state index in [0.717, 1.165) is 10.0 Å². The Bertz CT molecular complexity index is 536. The van der Waals surface area contributed by atoms with Crippen LogP contribution in [0.25, 0.3) is 0 Å². The summed E-state index contributed by atoms with van der Waals surface area (Å²) in [6, 6.07) is 6.23. The molecule has 17 heavy (non-hydrogen) atoms. The Morgan fingerprint density at radius 1 is 1.29 bits per heavy atom. The molecule has 1 aromatic carbocycles. The van der Waals surface area contributed by atoms with Gasteiger partial charge in [0.15, 0.2) is 0 Å². The van der Waals surface area contributed by atoms with Crippen LogP contribution in [0, 0.1) is 5.82 Å². The summed E-state index contributed by atoms with van der Waals surface area (Å²) in [5.74, 6) is -0.0524. The molecule has 88 valence electrons. The Morgan fingerprint density at radius 2 is 2.12 bits per heavy atom. The van der Waals surface area contributed by atoms with Crippen LogP contribution >= 0.6 is 27.5 Å². The maximum atomic E-state index is 13.1. The Kier molecular flexibility index (Phi) is 3.97. The Labute approximate surface area is 112 Å². The lowest BCUT2D eigenvalue weighted by molar-refractivity contribution is 0.304. The summed E-state index contributed by atoms with van der Waals surface area (Å²) in [7, 11) is 0. The molecule has 0 spiro atoms. The van der Waals surface area contributed by atoms with Crippen molar-refractivity contribution < 1.29 is 9.13 Å². The average molecular weight is 317 g/mol. The predicted molar refractivity (Wildman–Crippen MR) is 67.7 cm³/mol. The van der Waals surface area contributed by atoms with Crippen LogP contribution in [0.2, 0.25) is 5.02 Å². The molecular weight excluding hydrogens is 308 g/mol. The highest BCUT2D eigenvalue weighted by atomic mass is 79.9. The fourth-order valence-electron chi connectivity index (χ4n) is 1.27. The fraction of sp³-hybridized carbons (Fsp3) is 0.0833. The van der Waals surface area contributed by atoms with E-state index >= 15 is 0 Å². The summed E-state index contributed by atoms with van der Waals surface area (Å²) in [6.45, 7) is 0.327. The first kappa shape index (κ1) is 12.3. The second-order valence-electron chi connectivity index (χ2n) is 3.38. The van der Waals surface area contributed by atoms with E-state index in [9.17, 15) is 4.39 Å². The number of aromatic nitrogens is 1. The molecule has 0 amide bonds. The topological polar surface area (TPSA) is 22.1 Å². The van der Waals surface area contributed by atoms with Crippen molar-refractivity contribution in [1.29, 1.82) is 0 Å². The molecule has 0 aliphatic rings. The monoisotopic (exact) mass is 315 g/mol. The molecule has 1 aromatic heterocycles. The van der Waals surface area contributed by atoms with Crippen molar-refractivity contribution in [3.8, 4) is 5.75 Å². The molecule has 0 radical (unpaired) electrons. The molecule has 0 saturated carbocycles. The number of hydrogen-bond donors (Lipinski definition) is 0. The molecule has 0 unspecified atom stereocenters. The number of pyridine rings is 1. The largest absolute Gasteiger partial charge is 0.489 e. The van der Waals surface area contributed by atoms with Crippen LogP contribution in [-0.4, -0.2) is 4.98 Å². The molecule has 0 saturated heterocycles. The summed E-state index contributed by atoms with van der Waals surface area (Å²) in [5, 5.41) is 0.0847. The highest BCUT2D eigenvalue weighted by Gasteiger charge is 2.02. The number of benzene rings is 1. The second kappa shape index (κ2) is 5.47. The average Bonchev–Trinajstić information content (AvgIpc) is 2.31. The van der Waals surface area contributed by atoms with Gasteiger partial charge < -0.3 is 4.74 Å². The van der Waals surface area contributed by atoms with E-state index in [1.807, 2.05) is 6.07 Å². The normalized spacial score (nSPS) is 10.3. The van der Waals surface area contributed by atoms with Gasteiger partial charge in [0.2, 0.25) is 0 Å². The molecule has 2 nitrogen and oxygen atoms in total. The molecule has 2 aromatic rings. The van der Waals surface area contributed by atoms with E-state index in [0.29, 0.717) is 12.4 Å². The van der Waals surface area contributed by atoms with Gasteiger partial charge in [0.25, 0.3) is 0 Å². The van der Waals surface area contributed by atoms with Gasteiger partial charge in [0.1, 0.15) is 18.2 Å². The SMILES string of the molecule is Fc1cc(OCc2cncc(Br)c2)ccc1Cl. The molecule has 0 N–H and O–H groups in total. The third kappa shape index (κ3) is 3.41. The smallest absolute Gasteiger partial charge is 0.145 e. The zero-order valence-electron chi connectivity index (χ0n) is 8.66. The number of halogens is 3. The van der Waals surface area contributed by atoms with Gasteiger partial charge in [0, 0.05) is 28.5 Å². The van der Waals surface area contributed by atoms with Crippen LogP contribution in [0.3, 0.4) is 0 Å². The van der Waals surface area contributed by atoms with Gasteiger partial charge in [-0.15, -0.1) is 0 Å². The van der Waals surface area contributed by atoms with Gasteiger partial charge in [-0.1, -0.05) is 11.6 Å². The van der Waals surface area contributed by atoms with E-state index < -0.39 is 5.82 Å². The number of hydrogen-bond acceptors (Lipinski definition) is 2. The molecule has 0 fully saturated rings. The number of rotatable bonds is 3. The third-order valence-corrected chi connectivity index (χ3v) is 2.80. The van der Waals surface area contributed by atoms with E-state index in [4.69, 9.17) is 16.3 Å². The lowest BCUT2D eigenvalue weighted by Crippen LogP contribution is -1.96. The van der Waals surface area contributed by atoms with Gasteiger partial charge in [-0.3, -0.25) is 4.98 Å². The van der Waals surface area contributed by atoms with Gasteiger partial charge >= 0.3 is 0 Å². The zero-order chi connectivity index (χ0) is 12.3. The van der Waals surface area contributed by atoms with Gasteiger partial charge in [-0.25, -0.2) is 4.39 Å². The van der Waals surface area contributed by atoms with Crippen molar-refractivity contribution >= 4 is 27.5 Å². The van der Waals surface area contributed by atoms with E-state index in [-0.39, 0.29) is 5.02 Å². The first-order valence-electron chi connectivity index (χ1n) is 4.82. The maximum Gasteiger partial charge on any atom is 0.145 e. The highest BCUT2D eigenvalue weighted by Crippen LogP contribution is 2.21. The van der Waals surface area contributed by atoms with Gasteiger partial charge in [0.05, 0.1) is 5.02 Å². The van der Waals surface area contributed by atoms with Crippen molar-refractivity contribution in [2.24, 2.45) is 0 Å². The van der Waals surface area contributed by atoms with Crippen LogP contribution in [0.5, 0.6) is 5.75 Å². The summed E-state index contributed by atoms with van der Waals surface area (Å²) < 4.78 is 19.4. The van der Waals surface area contributed by atoms with Crippen LogP contribution in [-0.2, 0) is 6.61 Å². The summed E-state index contributed by atoms with van der Waals surface area (Å²) in [6.07, 6.45) is 3.38. The Balaban J connectivity index is 2.05. The number of ether oxygens (including phenoxy) is 1. The van der Waals surface area contributed by atoms with Gasteiger partial charge in [-0.05, 0) is 34.1 Å². The molecule has 2 rings (SSSR count). The molecule has 0 atom stereocenters. The van der Waals surface area contributed by atoms with Crippen LogP contribution in [0.4, 0.5) is 4.39 Å². The molecule has 0 bridgehead atoms. The molecule has 1 heterocycles. The van der Waals surface area contributed by atoms with Crippen LogP contribution < -0.4 is 4.74 Å². The van der Waals surface area contributed by atoms with E-state index in [1.54, 1.807) is 18.5 Å². The Hall–Kier alpha value is -1.13. The Morgan fingerprint density at radius 3 is 2.82 bits per heavy atom. The van der Waals surface area contributed by atoms with Gasteiger partial charge in [-0.2, -0.15) is 0 Å². The van der Waals surface area contributed by atoms with Crippen molar-refractivity contribution in [2.45, 2.75) is 6.61 Å². The highest BCUT2D eigenvalue weighted by molar-refractivity contribution is 9.10. The summed E-state index contributed by atoms with van der Waals surface area (Å²) in [5.41, 5.74) is 0.898. The molecule has 0 aliphatic carbocycles. The zero-order valence-corrected chi connectivity index (χ0v) is 11.0. The third-order valence-electron chi connectivity index (χ3n) is 2.06. The van der Waals surface area contributed by atoms with Crippen LogP contribution in [0.1, 0.15) is 5.56 Å². The standard InChI is InChI=1S/C12H8BrClFNO/c13-9-3-8(5-16-6-9)7-17-10-1-2-11(14)12(15)4-10/h1-6H,7H2. The van der Waals surface area contributed by atoms with Crippen molar-refractivity contribution in [1.82, 2.24) is 4.98 Å². The maximum absolute atomic E-state index is 13.1. The predicted octanol–water partition coefficient (Wildman–Crippen LogP) is 4.22. The number of nitrogens with zero attached hydrogens (tertiary/aromatic N) is 1. The summed E-state index contributed by atoms with van der Waals surface area (Å²) >= 11 is 8.89. The summed E-state index contributed by atoms with van der Waals surface area (Å²) in [4.78, 5) is 4.01. The first-order valence-corrected chi connectivity index (χ1v) is 5.99. The first-order chi connectivity index (χ1) is 8.15. The second-order valence-corrected chi connectivity index (χ2v) is 4.70. The minimum Gasteiger partial charge on any atom is -0.489 e. The molecular formula is C12H8BrClFNO. The molecule has 5 heteroatoms. The lowest BCUT2D eigenvalue weighted by atomic mass is 10.3. The van der Waals surface area contributed by atoms with Crippen molar-refractivity contribution in [3.05, 3.63) is 57.5 Å². The fourth-order valence-corrected chi connectivity index (χ4v) is 1.80. The molecule has 0 aliphatic heterocycles. The lowest BCUT2D eigenvalue weighted by Gasteiger charge is -2.06. The quantitative estimate of drug-likeness (QED) is 0.846.